The van der Waals surface area contributed by atoms with Crippen LogP contribution in [0.4, 0.5) is 0 Å². The summed E-state index contributed by atoms with van der Waals surface area (Å²) in [5, 5.41) is 9.09. The van der Waals surface area contributed by atoms with E-state index in [1.807, 2.05) is 30.3 Å². The molecule has 0 heterocycles. The summed E-state index contributed by atoms with van der Waals surface area (Å²) in [5.41, 5.74) is 6.22. The molecule has 8 heteroatoms. The van der Waals surface area contributed by atoms with Gasteiger partial charge in [-0.05, 0) is 18.9 Å². The molecule has 0 aliphatic carbocycles. The van der Waals surface area contributed by atoms with Gasteiger partial charge in [0.15, 0.2) is 0 Å². The van der Waals surface area contributed by atoms with Crippen LogP contribution in [0, 0.1) is 0 Å². The summed E-state index contributed by atoms with van der Waals surface area (Å²) in [6, 6.07) is 7.83. The van der Waals surface area contributed by atoms with Crippen LogP contribution < -0.4 is 10.5 Å². The van der Waals surface area contributed by atoms with Gasteiger partial charge in [0, 0.05) is 0 Å². The maximum Gasteiger partial charge on any atom is 0.362 e. The van der Waals surface area contributed by atoms with Crippen molar-refractivity contribution in [2.75, 3.05) is 6.61 Å². The van der Waals surface area contributed by atoms with Crippen molar-refractivity contribution in [2.45, 2.75) is 25.5 Å². The minimum Gasteiger partial charge on any atom is -0.391 e. The number of hydrogen-bond donors (Lipinski definition) is 3. The normalized spacial score (nSPS) is 14.6. The van der Waals surface area contributed by atoms with Crippen molar-refractivity contribution >= 4 is 16.2 Å². The highest BCUT2D eigenvalue weighted by molar-refractivity contribution is 7.85. The summed E-state index contributed by atoms with van der Waals surface area (Å²) in [6.45, 7) is 1.18. The van der Waals surface area contributed by atoms with E-state index in [9.17, 15) is 13.2 Å². The van der Waals surface area contributed by atoms with E-state index in [2.05, 4.69) is 4.18 Å². The van der Waals surface area contributed by atoms with E-state index in [4.69, 9.17) is 10.8 Å². The van der Waals surface area contributed by atoms with Gasteiger partial charge >= 0.3 is 10.3 Å². The standard InChI is InChI=1S/C12H18N2O5S/c1-9(15)11(13)12(16)14-20(17,18)19-8-7-10-5-3-2-4-6-10/h2-6,9,11,15H,7-8,13H2,1H3,(H,14,16)/t9-,11+/m1/s1. The Morgan fingerprint density at radius 1 is 1.40 bits per heavy atom. The van der Waals surface area contributed by atoms with Crippen LogP contribution in [0.15, 0.2) is 30.3 Å². The van der Waals surface area contributed by atoms with Crippen LogP contribution in [-0.4, -0.2) is 38.2 Å². The molecule has 112 valence electrons. The SMILES string of the molecule is C[C@@H](O)[C@H](N)C(=O)NS(=O)(=O)OCCc1ccccc1. The van der Waals surface area contributed by atoms with Gasteiger partial charge in [-0.25, -0.2) is 4.72 Å². The zero-order valence-electron chi connectivity index (χ0n) is 11.0. The molecule has 4 N–H and O–H groups in total. The highest BCUT2D eigenvalue weighted by atomic mass is 32.2. The summed E-state index contributed by atoms with van der Waals surface area (Å²) >= 11 is 0. The van der Waals surface area contributed by atoms with Crippen molar-refractivity contribution in [3.05, 3.63) is 35.9 Å². The van der Waals surface area contributed by atoms with Crippen molar-refractivity contribution in [3.8, 4) is 0 Å². The van der Waals surface area contributed by atoms with E-state index in [1.165, 1.54) is 6.92 Å². The first-order chi connectivity index (χ1) is 9.32. The first-order valence-electron chi connectivity index (χ1n) is 6.00. The Morgan fingerprint density at radius 2 is 2.00 bits per heavy atom. The number of aliphatic hydroxyl groups excluding tert-OH is 1. The summed E-state index contributed by atoms with van der Waals surface area (Å²) in [5.74, 6) is -1.01. The highest BCUT2D eigenvalue weighted by Crippen LogP contribution is 2.01. The lowest BCUT2D eigenvalue weighted by molar-refractivity contribution is -0.122. The molecule has 0 saturated carbocycles. The second-order valence-corrected chi connectivity index (χ2v) is 5.59. The second kappa shape index (κ2) is 7.34. The Hall–Kier alpha value is -1.48. The van der Waals surface area contributed by atoms with Gasteiger partial charge in [-0.1, -0.05) is 30.3 Å². The van der Waals surface area contributed by atoms with Crippen LogP contribution >= 0.6 is 0 Å². The Morgan fingerprint density at radius 3 is 2.55 bits per heavy atom. The van der Waals surface area contributed by atoms with Crippen LogP contribution in [-0.2, 0) is 25.7 Å². The molecule has 0 radical (unpaired) electrons. The van der Waals surface area contributed by atoms with Crippen LogP contribution in [0.25, 0.3) is 0 Å². The molecule has 0 saturated heterocycles. The van der Waals surface area contributed by atoms with E-state index < -0.39 is 28.4 Å². The van der Waals surface area contributed by atoms with Crippen molar-refractivity contribution < 1.29 is 22.5 Å². The Labute approximate surface area is 118 Å². The number of carbonyl (C=O) groups is 1. The molecule has 1 amide bonds. The molecule has 0 aromatic heterocycles. The van der Waals surface area contributed by atoms with Gasteiger partial charge in [0.25, 0.3) is 5.91 Å². The molecule has 0 spiro atoms. The molecule has 2 atom stereocenters. The lowest BCUT2D eigenvalue weighted by Crippen LogP contribution is -2.49. The summed E-state index contributed by atoms with van der Waals surface area (Å²) in [4.78, 5) is 11.4. The summed E-state index contributed by atoms with van der Waals surface area (Å²) < 4.78 is 29.2. The summed E-state index contributed by atoms with van der Waals surface area (Å²) in [6.07, 6.45) is -0.771. The molecule has 1 aromatic carbocycles. The average Bonchev–Trinajstić information content (AvgIpc) is 2.38. The fourth-order valence-electron chi connectivity index (χ4n) is 1.35. The predicted molar refractivity (Wildman–Crippen MR) is 72.8 cm³/mol. The maximum absolute atomic E-state index is 11.5. The smallest absolute Gasteiger partial charge is 0.362 e. The molecular formula is C12H18N2O5S. The molecule has 0 aliphatic heterocycles. The van der Waals surface area contributed by atoms with E-state index >= 15 is 0 Å². The van der Waals surface area contributed by atoms with E-state index in [1.54, 1.807) is 4.72 Å². The first kappa shape index (κ1) is 16.6. The monoisotopic (exact) mass is 302 g/mol. The van der Waals surface area contributed by atoms with Crippen LogP contribution in [0.1, 0.15) is 12.5 Å². The van der Waals surface area contributed by atoms with Gasteiger partial charge in [-0.15, -0.1) is 0 Å². The average molecular weight is 302 g/mol. The lowest BCUT2D eigenvalue weighted by atomic mass is 10.2. The molecule has 0 bridgehead atoms. The number of aliphatic hydroxyl groups is 1. The van der Waals surface area contributed by atoms with Gasteiger partial charge < -0.3 is 10.8 Å². The van der Waals surface area contributed by atoms with E-state index in [0.29, 0.717) is 6.42 Å². The van der Waals surface area contributed by atoms with E-state index in [0.717, 1.165) is 5.56 Å². The minimum absolute atomic E-state index is 0.101. The summed E-state index contributed by atoms with van der Waals surface area (Å²) in [7, 11) is -4.22. The Bertz CT molecular complexity index is 530. The number of nitrogens with one attached hydrogen (secondary N) is 1. The molecule has 0 unspecified atom stereocenters. The van der Waals surface area contributed by atoms with Crippen molar-refractivity contribution in [1.29, 1.82) is 0 Å². The fraction of sp³-hybridized carbons (Fsp3) is 0.417. The topological polar surface area (TPSA) is 119 Å². The van der Waals surface area contributed by atoms with Gasteiger partial charge in [-0.3, -0.25) is 8.98 Å². The number of amides is 1. The molecule has 1 aromatic rings. The van der Waals surface area contributed by atoms with Crippen molar-refractivity contribution in [3.63, 3.8) is 0 Å². The van der Waals surface area contributed by atoms with Crippen LogP contribution in [0.5, 0.6) is 0 Å². The van der Waals surface area contributed by atoms with E-state index in [-0.39, 0.29) is 6.61 Å². The van der Waals surface area contributed by atoms with Gasteiger partial charge in [0.1, 0.15) is 6.04 Å². The quantitative estimate of drug-likeness (QED) is 0.614. The second-order valence-electron chi connectivity index (χ2n) is 4.24. The van der Waals surface area contributed by atoms with Gasteiger partial charge in [0.05, 0.1) is 12.7 Å². The number of rotatable bonds is 7. The van der Waals surface area contributed by atoms with Crippen LogP contribution in [0.3, 0.4) is 0 Å². The number of benzene rings is 1. The van der Waals surface area contributed by atoms with Crippen LogP contribution in [0.2, 0.25) is 0 Å². The predicted octanol–water partition coefficient (Wildman–Crippen LogP) is -0.685. The Balaban J connectivity index is 2.44. The highest BCUT2D eigenvalue weighted by Gasteiger charge is 2.24. The number of carbonyl (C=O) groups excluding carboxylic acids is 1. The molecule has 7 nitrogen and oxygen atoms in total. The van der Waals surface area contributed by atoms with Gasteiger partial charge in [-0.2, -0.15) is 8.42 Å². The van der Waals surface area contributed by atoms with Crippen molar-refractivity contribution in [1.82, 2.24) is 4.72 Å². The number of hydrogen-bond acceptors (Lipinski definition) is 6. The Kier molecular flexibility index (Phi) is 6.08. The molecule has 20 heavy (non-hydrogen) atoms. The zero-order chi connectivity index (χ0) is 15.2. The third-order valence-corrected chi connectivity index (χ3v) is 3.45. The molecule has 1 rings (SSSR count). The third kappa shape index (κ3) is 5.66. The fourth-order valence-corrected chi connectivity index (χ4v) is 2.10. The molecular weight excluding hydrogens is 284 g/mol. The minimum atomic E-state index is -4.22. The zero-order valence-corrected chi connectivity index (χ0v) is 11.8. The third-order valence-electron chi connectivity index (χ3n) is 2.52. The molecule has 0 aliphatic rings. The molecule has 0 fully saturated rings. The van der Waals surface area contributed by atoms with Crippen molar-refractivity contribution in [2.24, 2.45) is 5.73 Å². The van der Waals surface area contributed by atoms with Gasteiger partial charge in [0.2, 0.25) is 0 Å². The largest absolute Gasteiger partial charge is 0.391 e. The maximum atomic E-state index is 11.5. The number of nitrogens with two attached hydrogens (primary N) is 1. The first-order valence-corrected chi connectivity index (χ1v) is 7.41. The lowest BCUT2D eigenvalue weighted by Gasteiger charge is -2.14.